The summed E-state index contributed by atoms with van der Waals surface area (Å²) in [5.41, 5.74) is 10.6. The topological polar surface area (TPSA) is 42.2 Å². The van der Waals surface area contributed by atoms with Crippen molar-refractivity contribution >= 4 is 76.3 Å². The molecular weight excluding hydrogens is 689 g/mol. The lowest BCUT2D eigenvalue weighted by molar-refractivity contribution is 1.17. The molecule has 0 saturated carbocycles. The van der Waals surface area contributed by atoms with Gasteiger partial charge in [0.25, 0.3) is 0 Å². The summed E-state index contributed by atoms with van der Waals surface area (Å²) in [6, 6.07) is 55.2. The molecule has 0 saturated heterocycles. The van der Waals surface area contributed by atoms with E-state index in [9.17, 15) is 0 Å². The third-order valence-electron chi connectivity index (χ3n) is 10.7. The highest BCUT2D eigenvalue weighted by Gasteiger charge is 2.20. The van der Waals surface area contributed by atoms with Crippen LogP contribution >= 0.6 is 0 Å². The lowest BCUT2D eigenvalue weighted by Gasteiger charge is -2.18. The molecule has 54 heavy (non-hydrogen) atoms. The average Bonchev–Trinajstić information content (AvgIpc) is 3.56. The molecule has 0 bridgehead atoms. The second-order valence-electron chi connectivity index (χ2n) is 16.5. The molecule has 0 aliphatic rings. The van der Waals surface area contributed by atoms with E-state index < -0.39 is 16.1 Å². The van der Waals surface area contributed by atoms with Gasteiger partial charge in [-0.05, 0) is 41.3 Å². The number of benzene rings is 6. The Labute approximate surface area is 319 Å². The van der Waals surface area contributed by atoms with Crippen molar-refractivity contribution in [3.05, 3.63) is 152 Å². The van der Waals surface area contributed by atoms with Gasteiger partial charge in [-0.25, -0.2) is 9.97 Å². The van der Waals surface area contributed by atoms with Crippen molar-refractivity contribution < 1.29 is 0 Å². The Bertz CT molecular complexity index is 2770. The standard InChI is InChI=1S/C48H44N4Si2/c1-53(2,3)36-24-20-33(21-25-36)42-30-43(34-22-26-37(27-23-34)54(4,5)6)50-48(49-42)51-44-31-46-35(28-41(44)32-14-8-7-9-15-32)29-47-40-18-11-10-16-38(40)39-17-12-13-19-45(39)52(46)47/h7-31H,1-6H3,(H,49,50,51). The first-order valence-corrected chi connectivity index (χ1v) is 25.8. The highest BCUT2D eigenvalue weighted by atomic mass is 28.3. The highest BCUT2D eigenvalue weighted by Crippen LogP contribution is 2.39. The van der Waals surface area contributed by atoms with Gasteiger partial charge in [-0.2, -0.15) is 0 Å². The van der Waals surface area contributed by atoms with E-state index >= 15 is 0 Å². The minimum atomic E-state index is -1.46. The van der Waals surface area contributed by atoms with Crippen LogP contribution in [0.4, 0.5) is 11.6 Å². The number of hydrogen-bond acceptors (Lipinski definition) is 3. The maximum absolute atomic E-state index is 5.22. The summed E-state index contributed by atoms with van der Waals surface area (Å²) in [4.78, 5) is 10.4. The van der Waals surface area contributed by atoms with E-state index in [0.29, 0.717) is 5.95 Å². The first-order valence-electron chi connectivity index (χ1n) is 18.8. The smallest absolute Gasteiger partial charge is 0.228 e. The Morgan fingerprint density at radius 2 is 0.963 bits per heavy atom. The first kappa shape index (κ1) is 34.0. The number of nitrogens with zero attached hydrogens (tertiary/aromatic N) is 3. The molecule has 0 aliphatic carbocycles. The number of anilines is 2. The lowest BCUT2D eigenvalue weighted by atomic mass is 10.0. The lowest BCUT2D eigenvalue weighted by Crippen LogP contribution is -2.37. The molecular formula is C48H44N4Si2. The van der Waals surface area contributed by atoms with E-state index in [1.165, 1.54) is 43.0 Å². The minimum Gasteiger partial charge on any atom is -0.323 e. The number of nitrogens with one attached hydrogen (secondary N) is 1. The van der Waals surface area contributed by atoms with E-state index in [1.807, 2.05) is 0 Å². The largest absolute Gasteiger partial charge is 0.323 e. The van der Waals surface area contributed by atoms with Crippen LogP contribution in [0.15, 0.2) is 152 Å². The molecule has 4 nitrogen and oxygen atoms in total. The Morgan fingerprint density at radius 3 is 1.54 bits per heavy atom. The molecule has 3 heterocycles. The Hall–Kier alpha value is -5.83. The van der Waals surface area contributed by atoms with Crippen molar-refractivity contribution in [2.24, 2.45) is 0 Å². The van der Waals surface area contributed by atoms with Crippen LogP contribution in [0, 0.1) is 0 Å². The van der Waals surface area contributed by atoms with Crippen molar-refractivity contribution in [3.63, 3.8) is 0 Å². The van der Waals surface area contributed by atoms with Gasteiger partial charge in [-0.3, -0.25) is 0 Å². The molecule has 6 heteroatoms. The number of rotatable bonds is 7. The first-order chi connectivity index (χ1) is 26.0. The summed E-state index contributed by atoms with van der Waals surface area (Å²) in [5, 5.41) is 11.6. The summed E-state index contributed by atoms with van der Waals surface area (Å²) in [6.45, 7) is 14.3. The van der Waals surface area contributed by atoms with E-state index in [1.54, 1.807) is 0 Å². The van der Waals surface area contributed by atoms with Gasteiger partial charge in [0.15, 0.2) is 0 Å². The fourth-order valence-electron chi connectivity index (χ4n) is 7.71. The van der Waals surface area contributed by atoms with Crippen LogP contribution in [0.5, 0.6) is 0 Å². The zero-order chi connectivity index (χ0) is 37.2. The second kappa shape index (κ2) is 12.9. The number of hydrogen-bond donors (Lipinski definition) is 1. The fraction of sp³-hybridized carbons (Fsp3) is 0.125. The van der Waals surface area contributed by atoms with Crippen LogP contribution in [-0.2, 0) is 0 Å². The van der Waals surface area contributed by atoms with Crippen LogP contribution in [0.25, 0.3) is 71.7 Å². The van der Waals surface area contributed by atoms with Crippen LogP contribution in [0.3, 0.4) is 0 Å². The summed E-state index contributed by atoms with van der Waals surface area (Å²) >= 11 is 0. The summed E-state index contributed by atoms with van der Waals surface area (Å²) < 4.78 is 2.41. The number of fused-ring (bicyclic) bond motifs is 8. The normalized spacial score (nSPS) is 12.3. The Kier molecular flexibility index (Phi) is 8.14. The van der Waals surface area contributed by atoms with Gasteiger partial charge in [-0.15, -0.1) is 0 Å². The summed E-state index contributed by atoms with van der Waals surface area (Å²) in [7, 11) is -2.91. The number of para-hydroxylation sites is 1. The number of pyridine rings is 1. The van der Waals surface area contributed by atoms with E-state index in [2.05, 4.69) is 201 Å². The van der Waals surface area contributed by atoms with E-state index in [0.717, 1.165) is 44.8 Å². The average molecular weight is 733 g/mol. The quantitative estimate of drug-likeness (QED) is 0.131. The molecule has 9 rings (SSSR count). The molecule has 0 radical (unpaired) electrons. The minimum absolute atomic E-state index is 0.568. The highest BCUT2D eigenvalue weighted by molar-refractivity contribution is 6.89. The SMILES string of the molecule is C[Si](C)(C)c1ccc(-c2cc(-c3ccc([Si](C)(C)C)cc3)nc(Nc3cc4c(cc3-c3ccccc3)cc3c5ccccc5c5ccccc5n43)n2)cc1. The molecule has 0 fully saturated rings. The molecule has 0 atom stereocenters. The molecule has 0 unspecified atom stereocenters. The second-order valence-corrected chi connectivity index (χ2v) is 26.6. The zero-order valence-electron chi connectivity index (χ0n) is 31.8. The van der Waals surface area contributed by atoms with Gasteiger partial charge in [0.05, 0.1) is 49.8 Å². The summed E-state index contributed by atoms with van der Waals surface area (Å²) in [6.07, 6.45) is 0. The van der Waals surface area contributed by atoms with Crippen molar-refractivity contribution in [2.75, 3.05) is 5.32 Å². The number of aromatic nitrogens is 3. The predicted molar refractivity (Wildman–Crippen MR) is 237 cm³/mol. The van der Waals surface area contributed by atoms with Crippen molar-refractivity contribution in [1.29, 1.82) is 0 Å². The molecule has 6 aromatic carbocycles. The van der Waals surface area contributed by atoms with Crippen LogP contribution in [0.1, 0.15) is 0 Å². The van der Waals surface area contributed by atoms with Gasteiger partial charge >= 0.3 is 0 Å². The van der Waals surface area contributed by atoms with Crippen molar-refractivity contribution in [1.82, 2.24) is 14.4 Å². The van der Waals surface area contributed by atoms with E-state index in [-0.39, 0.29) is 0 Å². The molecule has 0 spiro atoms. The van der Waals surface area contributed by atoms with Gasteiger partial charge in [0.1, 0.15) is 0 Å². The maximum atomic E-state index is 5.22. The van der Waals surface area contributed by atoms with Gasteiger partial charge in [0.2, 0.25) is 5.95 Å². The predicted octanol–water partition coefficient (Wildman–Crippen LogP) is 12.0. The fourth-order valence-corrected chi connectivity index (χ4v) is 10.0. The molecule has 3 aromatic heterocycles. The monoisotopic (exact) mass is 732 g/mol. The van der Waals surface area contributed by atoms with E-state index in [4.69, 9.17) is 9.97 Å². The Morgan fingerprint density at radius 1 is 0.444 bits per heavy atom. The van der Waals surface area contributed by atoms with Gasteiger partial charge < -0.3 is 9.72 Å². The van der Waals surface area contributed by atoms with Crippen LogP contribution in [-0.4, -0.2) is 30.5 Å². The maximum Gasteiger partial charge on any atom is 0.228 e. The van der Waals surface area contributed by atoms with Gasteiger partial charge in [-0.1, -0.05) is 171 Å². The van der Waals surface area contributed by atoms with Crippen LogP contribution in [0.2, 0.25) is 39.3 Å². The van der Waals surface area contributed by atoms with Crippen molar-refractivity contribution in [3.8, 4) is 33.6 Å². The summed E-state index contributed by atoms with van der Waals surface area (Å²) in [5.74, 6) is 0.568. The van der Waals surface area contributed by atoms with Crippen molar-refractivity contribution in [2.45, 2.75) is 39.3 Å². The molecule has 0 aliphatic heterocycles. The van der Waals surface area contributed by atoms with Gasteiger partial charge in [0, 0.05) is 32.8 Å². The zero-order valence-corrected chi connectivity index (χ0v) is 33.8. The molecule has 9 aromatic rings. The molecule has 264 valence electrons. The third-order valence-corrected chi connectivity index (χ3v) is 14.9. The molecule has 1 N–H and O–H groups in total. The Balaban J connectivity index is 1.26. The molecule has 0 amide bonds. The van der Waals surface area contributed by atoms with Crippen LogP contribution < -0.4 is 15.7 Å². The third kappa shape index (κ3) is 6.11.